The molecule has 1 aliphatic rings. The third kappa shape index (κ3) is 5.10. The van der Waals surface area contributed by atoms with E-state index in [-0.39, 0.29) is 6.61 Å². The fourth-order valence-electron chi connectivity index (χ4n) is 3.29. The smallest absolute Gasteiger partial charge is 0.390 e. The maximum Gasteiger partial charge on any atom is 0.416 e. The van der Waals surface area contributed by atoms with Gasteiger partial charge >= 0.3 is 6.18 Å². The van der Waals surface area contributed by atoms with Crippen molar-refractivity contribution in [3.05, 3.63) is 70.8 Å². The third-order valence-electron chi connectivity index (χ3n) is 4.71. The number of halogens is 3. The number of hydrogen-bond donors (Lipinski definition) is 0. The molecule has 5 heteroatoms. The average molecular weight is 360 g/mol. The Morgan fingerprint density at radius 3 is 2.42 bits per heavy atom. The molecule has 137 valence electrons. The van der Waals surface area contributed by atoms with Crippen molar-refractivity contribution in [1.29, 1.82) is 0 Å². The van der Waals surface area contributed by atoms with Crippen LogP contribution in [-0.4, -0.2) is 6.21 Å². The molecule has 0 aromatic heterocycles. The standard InChI is InChI=1S/C21H21F3NO/c22-21(23,24)20-8-4-5-17(13-20)15-26-25-14-16-9-11-19(12-10-16)18-6-2-1-3-7-18/h4-5,8-13,18H,1-3,6-7,15H2. The van der Waals surface area contributed by atoms with E-state index in [0.29, 0.717) is 11.5 Å². The van der Waals surface area contributed by atoms with Crippen molar-refractivity contribution in [2.45, 2.75) is 50.8 Å². The van der Waals surface area contributed by atoms with Crippen LogP contribution in [-0.2, 0) is 17.6 Å². The molecule has 2 aromatic carbocycles. The van der Waals surface area contributed by atoms with Crippen molar-refractivity contribution in [2.24, 2.45) is 5.16 Å². The van der Waals surface area contributed by atoms with Crippen LogP contribution in [0.25, 0.3) is 0 Å². The molecule has 0 N–H and O–H groups in total. The highest BCUT2D eigenvalue weighted by molar-refractivity contribution is 5.79. The number of alkyl halides is 3. The average Bonchev–Trinajstić information content (AvgIpc) is 2.66. The van der Waals surface area contributed by atoms with Crippen LogP contribution in [0.4, 0.5) is 13.2 Å². The highest BCUT2D eigenvalue weighted by Crippen LogP contribution is 2.32. The summed E-state index contributed by atoms with van der Waals surface area (Å²) in [6.07, 6.45) is 4.83. The van der Waals surface area contributed by atoms with Crippen LogP contribution in [0.1, 0.15) is 60.3 Å². The maximum atomic E-state index is 12.7. The zero-order chi connectivity index (χ0) is 18.4. The van der Waals surface area contributed by atoms with Crippen molar-refractivity contribution in [1.82, 2.24) is 0 Å². The van der Waals surface area contributed by atoms with Gasteiger partial charge in [-0.05, 0) is 42.0 Å². The number of rotatable bonds is 5. The van der Waals surface area contributed by atoms with E-state index < -0.39 is 11.7 Å². The lowest BCUT2D eigenvalue weighted by molar-refractivity contribution is -0.137. The molecule has 26 heavy (non-hydrogen) atoms. The minimum absolute atomic E-state index is 0.0307. The summed E-state index contributed by atoms with van der Waals surface area (Å²) in [7, 11) is 0. The van der Waals surface area contributed by atoms with Crippen molar-refractivity contribution in [3.8, 4) is 0 Å². The van der Waals surface area contributed by atoms with Crippen molar-refractivity contribution in [2.75, 3.05) is 0 Å². The molecule has 2 nitrogen and oxygen atoms in total. The van der Waals surface area contributed by atoms with E-state index in [9.17, 15) is 13.2 Å². The SMILES string of the molecule is FC(F)(F)c1cccc(CO/N=[C]\c2ccc(C3CCCCC3)cc2)c1. The first-order valence-electron chi connectivity index (χ1n) is 8.86. The Hall–Kier alpha value is -2.30. The summed E-state index contributed by atoms with van der Waals surface area (Å²) in [6, 6.07) is 13.1. The maximum absolute atomic E-state index is 12.7. The van der Waals surface area contributed by atoms with Gasteiger partial charge in [0.15, 0.2) is 0 Å². The van der Waals surface area contributed by atoms with E-state index in [0.717, 1.165) is 17.7 Å². The second-order valence-corrected chi connectivity index (χ2v) is 6.63. The number of nitrogens with zero attached hydrogens (tertiary/aromatic N) is 1. The fourth-order valence-corrected chi connectivity index (χ4v) is 3.29. The number of benzene rings is 2. The summed E-state index contributed by atoms with van der Waals surface area (Å²) in [5.41, 5.74) is 1.86. The molecule has 0 aliphatic heterocycles. The van der Waals surface area contributed by atoms with E-state index in [1.54, 1.807) is 6.07 Å². The van der Waals surface area contributed by atoms with Crippen LogP contribution in [0.5, 0.6) is 0 Å². The Morgan fingerprint density at radius 2 is 1.73 bits per heavy atom. The lowest BCUT2D eigenvalue weighted by Crippen LogP contribution is -2.05. The third-order valence-corrected chi connectivity index (χ3v) is 4.71. The van der Waals surface area contributed by atoms with E-state index >= 15 is 0 Å². The van der Waals surface area contributed by atoms with Crippen LogP contribution in [0.15, 0.2) is 53.7 Å². The second-order valence-electron chi connectivity index (χ2n) is 6.63. The van der Waals surface area contributed by atoms with E-state index in [2.05, 4.69) is 23.5 Å². The molecular weight excluding hydrogens is 339 g/mol. The predicted molar refractivity (Wildman–Crippen MR) is 95.0 cm³/mol. The first-order chi connectivity index (χ1) is 12.5. The Labute approximate surface area is 151 Å². The van der Waals surface area contributed by atoms with Crippen LogP contribution in [0.2, 0.25) is 0 Å². The largest absolute Gasteiger partial charge is 0.416 e. The zero-order valence-corrected chi connectivity index (χ0v) is 14.4. The van der Waals surface area contributed by atoms with E-state index in [4.69, 9.17) is 4.84 Å². The Balaban J connectivity index is 1.52. The van der Waals surface area contributed by atoms with Crippen LogP contribution >= 0.6 is 0 Å². The lowest BCUT2D eigenvalue weighted by Gasteiger charge is -2.21. The molecule has 0 amide bonds. The first-order valence-corrected chi connectivity index (χ1v) is 8.86. The topological polar surface area (TPSA) is 21.6 Å². The van der Waals surface area contributed by atoms with Crippen LogP contribution < -0.4 is 0 Å². The summed E-state index contributed by atoms with van der Waals surface area (Å²) in [4.78, 5) is 5.08. The van der Waals surface area contributed by atoms with Gasteiger partial charge in [-0.15, -0.1) is 0 Å². The quantitative estimate of drug-likeness (QED) is 0.461. The molecular formula is C21H21F3NO. The van der Waals surface area contributed by atoms with E-state index in [1.807, 2.05) is 12.1 Å². The summed E-state index contributed by atoms with van der Waals surface area (Å²) in [5.74, 6) is 0.645. The van der Waals surface area contributed by atoms with Crippen molar-refractivity contribution >= 4 is 6.21 Å². The molecule has 0 saturated heterocycles. The van der Waals surface area contributed by atoms with E-state index in [1.165, 1.54) is 43.7 Å². The van der Waals surface area contributed by atoms with Gasteiger partial charge in [-0.2, -0.15) is 13.2 Å². The van der Waals surface area contributed by atoms with Crippen LogP contribution in [0.3, 0.4) is 0 Å². The fraction of sp³-hybridized carbons (Fsp3) is 0.381. The molecule has 3 rings (SSSR count). The van der Waals surface area contributed by atoms with Gasteiger partial charge in [0.2, 0.25) is 0 Å². The summed E-state index contributed by atoms with van der Waals surface area (Å²) in [6.45, 7) is -0.0307. The highest BCUT2D eigenvalue weighted by Gasteiger charge is 2.30. The predicted octanol–water partition coefficient (Wildman–Crippen LogP) is 6.18. The minimum Gasteiger partial charge on any atom is -0.390 e. The van der Waals surface area contributed by atoms with Crippen LogP contribution in [0, 0.1) is 0 Å². The molecule has 0 bridgehead atoms. The first kappa shape index (κ1) is 18.5. The van der Waals surface area contributed by atoms with Gasteiger partial charge in [0, 0.05) is 5.56 Å². The molecule has 1 saturated carbocycles. The molecule has 0 spiro atoms. The summed E-state index contributed by atoms with van der Waals surface area (Å²) < 4.78 is 38.0. The zero-order valence-electron chi connectivity index (χ0n) is 14.4. The Morgan fingerprint density at radius 1 is 1.00 bits per heavy atom. The summed E-state index contributed by atoms with van der Waals surface area (Å²) >= 11 is 0. The molecule has 0 heterocycles. The van der Waals surface area contributed by atoms with Crippen molar-refractivity contribution < 1.29 is 18.0 Å². The van der Waals surface area contributed by atoms with Crippen molar-refractivity contribution in [3.63, 3.8) is 0 Å². The molecule has 1 aliphatic carbocycles. The molecule has 1 fully saturated rings. The van der Waals surface area contributed by atoms with Gasteiger partial charge in [0.05, 0.1) is 5.56 Å². The summed E-state index contributed by atoms with van der Waals surface area (Å²) in [5, 5.41) is 3.74. The normalized spacial score (nSPS) is 16.1. The Bertz CT molecular complexity index is 732. The van der Waals surface area contributed by atoms with Gasteiger partial charge < -0.3 is 4.84 Å². The molecule has 0 atom stereocenters. The minimum atomic E-state index is -4.36. The molecule has 1 radical (unpaired) electrons. The second kappa shape index (κ2) is 8.39. The van der Waals surface area contributed by atoms with Gasteiger partial charge in [-0.25, -0.2) is 0 Å². The lowest BCUT2D eigenvalue weighted by atomic mass is 9.84. The van der Waals surface area contributed by atoms with Gasteiger partial charge in [0.25, 0.3) is 0 Å². The highest BCUT2D eigenvalue weighted by atomic mass is 19.4. The molecule has 0 unspecified atom stereocenters. The van der Waals surface area contributed by atoms with Gasteiger partial charge in [0.1, 0.15) is 12.8 Å². The molecule has 2 aromatic rings. The Kier molecular flexibility index (Phi) is 5.96. The monoisotopic (exact) mass is 360 g/mol. The van der Waals surface area contributed by atoms with Gasteiger partial charge in [-0.1, -0.05) is 60.8 Å². The number of hydrogen-bond acceptors (Lipinski definition) is 2. The van der Waals surface area contributed by atoms with Gasteiger partial charge in [-0.3, -0.25) is 0 Å².